The summed E-state index contributed by atoms with van der Waals surface area (Å²) in [5.74, 6) is 0.264. The van der Waals surface area contributed by atoms with E-state index < -0.39 is 0 Å². The van der Waals surface area contributed by atoms with Gasteiger partial charge in [0.25, 0.3) is 0 Å². The molecular formula is C15H20ClN3O2. The second-order valence-corrected chi connectivity index (χ2v) is 5.67. The standard InChI is InChI=1S/C15H20ClN3O2/c16-12-2-4-13(5-3-12)19-15(21)10-18-14(20)6-1-11-7-8-17-9-11/h2-5,11,17H,1,6-10H2,(H,18,20)(H,19,21). The molecule has 0 aromatic heterocycles. The first kappa shape index (κ1) is 15.8. The fourth-order valence-electron chi connectivity index (χ4n) is 2.30. The van der Waals surface area contributed by atoms with Crippen LogP contribution in [0.3, 0.4) is 0 Å². The van der Waals surface area contributed by atoms with E-state index in [1.54, 1.807) is 24.3 Å². The Morgan fingerprint density at radius 2 is 2.00 bits per heavy atom. The molecule has 0 bridgehead atoms. The predicted molar refractivity (Wildman–Crippen MR) is 83.3 cm³/mol. The molecule has 1 aliphatic heterocycles. The number of carbonyl (C=O) groups is 2. The number of benzene rings is 1. The Balaban J connectivity index is 1.63. The van der Waals surface area contributed by atoms with Gasteiger partial charge in [0.1, 0.15) is 0 Å². The maximum absolute atomic E-state index is 11.7. The highest BCUT2D eigenvalue weighted by Crippen LogP contribution is 2.14. The van der Waals surface area contributed by atoms with Crippen LogP contribution in [0.4, 0.5) is 5.69 Å². The van der Waals surface area contributed by atoms with Crippen molar-refractivity contribution >= 4 is 29.1 Å². The Kier molecular flexibility index (Phi) is 6.02. The van der Waals surface area contributed by atoms with Crippen LogP contribution in [0.1, 0.15) is 19.3 Å². The molecule has 1 aliphatic rings. The Labute approximate surface area is 129 Å². The van der Waals surface area contributed by atoms with Crippen LogP contribution in [-0.2, 0) is 9.59 Å². The summed E-state index contributed by atoms with van der Waals surface area (Å²) in [6.07, 6.45) is 2.47. The number of amides is 2. The smallest absolute Gasteiger partial charge is 0.243 e. The fourth-order valence-corrected chi connectivity index (χ4v) is 2.43. The third-order valence-corrected chi connectivity index (χ3v) is 3.77. The second-order valence-electron chi connectivity index (χ2n) is 5.23. The minimum absolute atomic E-state index is 0.00955. The highest BCUT2D eigenvalue weighted by atomic mass is 35.5. The van der Waals surface area contributed by atoms with Crippen molar-refractivity contribution in [3.63, 3.8) is 0 Å². The van der Waals surface area contributed by atoms with Gasteiger partial charge in [0.15, 0.2) is 0 Å². The monoisotopic (exact) mass is 309 g/mol. The number of nitrogens with one attached hydrogen (secondary N) is 3. The maximum Gasteiger partial charge on any atom is 0.243 e. The van der Waals surface area contributed by atoms with E-state index in [4.69, 9.17) is 11.6 Å². The van der Waals surface area contributed by atoms with Crippen molar-refractivity contribution in [3.05, 3.63) is 29.3 Å². The molecule has 1 heterocycles. The number of anilines is 1. The quantitative estimate of drug-likeness (QED) is 0.750. The lowest BCUT2D eigenvalue weighted by Gasteiger charge is -2.09. The summed E-state index contributed by atoms with van der Waals surface area (Å²) >= 11 is 5.77. The first-order valence-corrected chi connectivity index (χ1v) is 7.54. The highest BCUT2D eigenvalue weighted by Gasteiger charge is 2.15. The van der Waals surface area contributed by atoms with Gasteiger partial charge in [0.05, 0.1) is 6.54 Å². The van der Waals surface area contributed by atoms with E-state index in [-0.39, 0.29) is 18.4 Å². The van der Waals surface area contributed by atoms with E-state index in [0.29, 0.717) is 23.0 Å². The van der Waals surface area contributed by atoms with Crippen molar-refractivity contribution in [2.75, 3.05) is 25.0 Å². The number of hydrogen-bond acceptors (Lipinski definition) is 3. The minimum atomic E-state index is -0.242. The molecule has 0 radical (unpaired) electrons. The lowest BCUT2D eigenvalue weighted by Crippen LogP contribution is -2.33. The van der Waals surface area contributed by atoms with Crippen LogP contribution >= 0.6 is 11.6 Å². The van der Waals surface area contributed by atoms with E-state index in [2.05, 4.69) is 16.0 Å². The third kappa shape index (κ3) is 5.73. The van der Waals surface area contributed by atoms with Gasteiger partial charge in [0, 0.05) is 17.1 Å². The molecule has 1 atom stereocenters. The van der Waals surface area contributed by atoms with Gasteiger partial charge in [0.2, 0.25) is 11.8 Å². The van der Waals surface area contributed by atoms with E-state index in [1.807, 2.05) is 0 Å². The van der Waals surface area contributed by atoms with Crippen LogP contribution in [0.25, 0.3) is 0 Å². The number of hydrogen-bond donors (Lipinski definition) is 3. The molecule has 1 fully saturated rings. The molecular weight excluding hydrogens is 290 g/mol. The predicted octanol–water partition coefficient (Wildman–Crippen LogP) is 1.78. The van der Waals surface area contributed by atoms with Gasteiger partial charge in [-0.25, -0.2) is 0 Å². The van der Waals surface area contributed by atoms with Crippen LogP contribution in [0, 0.1) is 5.92 Å². The minimum Gasteiger partial charge on any atom is -0.347 e. The molecule has 0 spiro atoms. The van der Waals surface area contributed by atoms with E-state index in [0.717, 1.165) is 25.9 Å². The zero-order valence-electron chi connectivity index (χ0n) is 11.8. The number of rotatable bonds is 6. The maximum atomic E-state index is 11.7. The summed E-state index contributed by atoms with van der Waals surface area (Å²) in [5.41, 5.74) is 0.663. The summed E-state index contributed by atoms with van der Waals surface area (Å²) in [4.78, 5) is 23.4. The second kappa shape index (κ2) is 8.00. The molecule has 3 N–H and O–H groups in total. The van der Waals surface area contributed by atoms with Crippen LogP contribution in [0.2, 0.25) is 5.02 Å². The normalized spacial score (nSPS) is 17.5. The summed E-state index contributed by atoms with van der Waals surface area (Å²) in [5, 5.41) is 9.23. The van der Waals surface area contributed by atoms with Gasteiger partial charge >= 0.3 is 0 Å². The SMILES string of the molecule is O=C(CCC1CCNC1)NCC(=O)Nc1ccc(Cl)cc1. The van der Waals surface area contributed by atoms with Gasteiger partial charge in [-0.3, -0.25) is 9.59 Å². The number of carbonyl (C=O) groups excluding carboxylic acids is 2. The van der Waals surface area contributed by atoms with Crippen LogP contribution < -0.4 is 16.0 Å². The molecule has 5 nitrogen and oxygen atoms in total. The van der Waals surface area contributed by atoms with Crippen molar-refractivity contribution in [1.82, 2.24) is 10.6 Å². The molecule has 1 unspecified atom stereocenters. The molecule has 1 saturated heterocycles. The van der Waals surface area contributed by atoms with Gasteiger partial charge < -0.3 is 16.0 Å². The zero-order chi connectivity index (χ0) is 15.1. The summed E-state index contributed by atoms with van der Waals surface area (Å²) in [6.45, 7) is 2.02. The molecule has 2 amide bonds. The number of halogens is 1. The molecule has 114 valence electrons. The molecule has 2 rings (SSSR count). The Bertz CT molecular complexity index is 484. The van der Waals surface area contributed by atoms with E-state index >= 15 is 0 Å². The summed E-state index contributed by atoms with van der Waals surface area (Å²) in [7, 11) is 0. The Morgan fingerprint density at radius 1 is 1.24 bits per heavy atom. The summed E-state index contributed by atoms with van der Waals surface area (Å²) < 4.78 is 0. The van der Waals surface area contributed by atoms with Gasteiger partial charge in [-0.2, -0.15) is 0 Å². The zero-order valence-corrected chi connectivity index (χ0v) is 12.6. The fraction of sp³-hybridized carbons (Fsp3) is 0.467. The van der Waals surface area contributed by atoms with E-state index in [1.165, 1.54) is 0 Å². The highest BCUT2D eigenvalue weighted by molar-refractivity contribution is 6.30. The van der Waals surface area contributed by atoms with E-state index in [9.17, 15) is 9.59 Å². The van der Waals surface area contributed by atoms with Crippen molar-refractivity contribution in [2.45, 2.75) is 19.3 Å². The van der Waals surface area contributed by atoms with Crippen LogP contribution in [-0.4, -0.2) is 31.4 Å². The lowest BCUT2D eigenvalue weighted by molar-refractivity contribution is -0.124. The first-order valence-electron chi connectivity index (χ1n) is 7.16. The van der Waals surface area contributed by atoms with Gasteiger partial charge in [-0.15, -0.1) is 0 Å². The molecule has 1 aromatic carbocycles. The van der Waals surface area contributed by atoms with Crippen molar-refractivity contribution in [3.8, 4) is 0 Å². The third-order valence-electron chi connectivity index (χ3n) is 3.52. The van der Waals surface area contributed by atoms with Crippen molar-refractivity contribution in [1.29, 1.82) is 0 Å². The lowest BCUT2D eigenvalue weighted by atomic mass is 10.0. The largest absolute Gasteiger partial charge is 0.347 e. The molecule has 0 aliphatic carbocycles. The average molecular weight is 310 g/mol. The molecule has 1 aromatic rings. The average Bonchev–Trinajstić information content (AvgIpc) is 2.99. The topological polar surface area (TPSA) is 70.2 Å². The molecule has 0 saturated carbocycles. The Hall–Kier alpha value is -1.59. The molecule has 6 heteroatoms. The Morgan fingerprint density at radius 3 is 2.67 bits per heavy atom. The first-order chi connectivity index (χ1) is 10.1. The molecule has 21 heavy (non-hydrogen) atoms. The van der Waals surface area contributed by atoms with Crippen molar-refractivity contribution < 1.29 is 9.59 Å². The van der Waals surface area contributed by atoms with Crippen LogP contribution in [0.5, 0.6) is 0 Å². The van der Waals surface area contributed by atoms with Gasteiger partial charge in [-0.05, 0) is 56.1 Å². The van der Waals surface area contributed by atoms with Crippen LogP contribution in [0.15, 0.2) is 24.3 Å². The van der Waals surface area contributed by atoms with Gasteiger partial charge in [-0.1, -0.05) is 11.6 Å². The summed E-state index contributed by atoms with van der Waals surface area (Å²) in [6, 6.07) is 6.83. The van der Waals surface area contributed by atoms with Crippen molar-refractivity contribution in [2.24, 2.45) is 5.92 Å².